The minimum Gasteiger partial charge on any atom is -0.379 e. The van der Waals surface area contributed by atoms with Gasteiger partial charge in [0.15, 0.2) is 0 Å². The summed E-state index contributed by atoms with van der Waals surface area (Å²) >= 11 is 2.29. The monoisotopic (exact) mass is 662 g/mol. The molecule has 0 saturated carbocycles. The molecule has 0 rings (SSSR count). The Bertz CT molecular complexity index is 371. The number of ether oxygens (including phenoxy) is 8. The lowest BCUT2D eigenvalue weighted by Gasteiger charge is -2.08. The lowest BCUT2D eigenvalue weighted by molar-refractivity contribution is -0.0228. The molecule has 0 unspecified atom stereocenters. The van der Waals surface area contributed by atoms with Gasteiger partial charge < -0.3 is 37.9 Å². The Hall–Kier alpha value is 0.410. The first-order valence-electron chi connectivity index (χ1n) is 15.1. The molecule has 0 aliphatic rings. The molecule has 0 aromatic heterocycles. The summed E-state index contributed by atoms with van der Waals surface area (Å²) < 4.78 is 44.8. The van der Waals surface area contributed by atoms with Crippen LogP contribution < -0.4 is 0 Å². The van der Waals surface area contributed by atoms with E-state index in [0.29, 0.717) is 92.5 Å². The zero-order chi connectivity index (χ0) is 27.5. The van der Waals surface area contributed by atoms with Gasteiger partial charge in [-0.05, 0) is 6.42 Å². The first kappa shape index (κ1) is 38.4. The summed E-state index contributed by atoms with van der Waals surface area (Å²) in [5.41, 5.74) is 0. The minimum atomic E-state index is 0.552. The number of unbranched alkanes of at least 4 members (excludes halogenated alkanes) is 10. The first-order chi connectivity index (χ1) is 18.9. The average Bonchev–Trinajstić information content (AvgIpc) is 2.93. The van der Waals surface area contributed by atoms with Crippen LogP contribution in [0.4, 0.5) is 0 Å². The minimum absolute atomic E-state index is 0.552. The second-order valence-electron chi connectivity index (χ2n) is 9.12. The highest BCUT2D eigenvalue weighted by molar-refractivity contribution is 14.1. The predicted octanol–water partition coefficient (Wildman–Crippen LogP) is 5.87. The van der Waals surface area contributed by atoms with Crippen molar-refractivity contribution in [3.05, 3.63) is 0 Å². The van der Waals surface area contributed by atoms with Crippen molar-refractivity contribution in [1.29, 1.82) is 0 Å². The molecule has 0 N–H and O–H groups in total. The van der Waals surface area contributed by atoms with E-state index in [-0.39, 0.29) is 0 Å². The van der Waals surface area contributed by atoms with E-state index < -0.39 is 0 Å². The molecule has 0 aliphatic carbocycles. The van der Waals surface area contributed by atoms with Gasteiger partial charge in [0.2, 0.25) is 0 Å². The second-order valence-corrected chi connectivity index (χ2v) is 10.2. The van der Waals surface area contributed by atoms with E-state index in [0.717, 1.165) is 24.1 Å². The number of hydrogen-bond acceptors (Lipinski definition) is 8. The molecule has 0 heterocycles. The van der Waals surface area contributed by atoms with Gasteiger partial charge in [0.05, 0.1) is 99.1 Å². The molecule has 0 saturated heterocycles. The highest BCUT2D eigenvalue weighted by Crippen LogP contribution is 2.11. The van der Waals surface area contributed by atoms with Crippen molar-refractivity contribution in [3.8, 4) is 0 Å². The highest BCUT2D eigenvalue weighted by atomic mass is 127. The van der Waals surface area contributed by atoms with Crippen molar-refractivity contribution in [2.45, 2.75) is 77.6 Å². The lowest BCUT2D eigenvalue weighted by Crippen LogP contribution is -2.15. The largest absolute Gasteiger partial charge is 0.379 e. The van der Waals surface area contributed by atoms with E-state index in [1.54, 1.807) is 0 Å². The Morgan fingerprint density at radius 2 is 0.526 bits per heavy atom. The average molecular weight is 663 g/mol. The molecule has 0 aliphatic heterocycles. The Kier molecular flexibility index (Phi) is 37.8. The van der Waals surface area contributed by atoms with E-state index in [1.807, 2.05) is 0 Å². The van der Waals surface area contributed by atoms with Crippen molar-refractivity contribution in [2.75, 3.05) is 110 Å². The lowest BCUT2D eigenvalue weighted by atomic mass is 10.1. The molecule has 0 aromatic rings. The Morgan fingerprint density at radius 3 is 0.816 bits per heavy atom. The molecule has 0 aromatic carbocycles. The Balaban J connectivity index is 3.01. The van der Waals surface area contributed by atoms with Gasteiger partial charge in [-0.3, -0.25) is 0 Å². The zero-order valence-corrected chi connectivity index (χ0v) is 26.6. The van der Waals surface area contributed by atoms with Crippen LogP contribution in [0.3, 0.4) is 0 Å². The standard InChI is InChI=1S/C29H59IO8/c1-2-3-4-5-6-7-8-9-10-11-12-14-31-16-18-33-20-22-35-24-26-37-28-29-38-27-25-36-23-21-34-19-17-32-15-13-30/h2-29H2,1H3. The molecule has 230 valence electrons. The van der Waals surface area contributed by atoms with Gasteiger partial charge in [-0.15, -0.1) is 0 Å². The normalized spacial score (nSPS) is 11.5. The van der Waals surface area contributed by atoms with E-state index in [9.17, 15) is 0 Å². The van der Waals surface area contributed by atoms with Crippen molar-refractivity contribution in [3.63, 3.8) is 0 Å². The van der Waals surface area contributed by atoms with E-state index in [4.69, 9.17) is 37.9 Å². The quantitative estimate of drug-likeness (QED) is 0.0475. The molecule has 0 bridgehead atoms. The van der Waals surface area contributed by atoms with Crippen LogP contribution in [0.15, 0.2) is 0 Å². The van der Waals surface area contributed by atoms with Crippen LogP contribution in [-0.2, 0) is 37.9 Å². The summed E-state index contributed by atoms with van der Waals surface area (Å²) in [6.07, 6.45) is 14.9. The van der Waals surface area contributed by atoms with Gasteiger partial charge in [0.1, 0.15) is 0 Å². The van der Waals surface area contributed by atoms with Crippen molar-refractivity contribution < 1.29 is 37.9 Å². The molecule has 0 radical (unpaired) electrons. The fraction of sp³-hybridized carbons (Fsp3) is 1.00. The molecular formula is C29H59IO8. The van der Waals surface area contributed by atoms with Gasteiger partial charge in [0.25, 0.3) is 0 Å². The van der Waals surface area contributed by atoms with Crippen molar-refractivity contribution in [2.24, 2.45) is 0 Å². The fourth-order valence-electron chi connectivity index (χ4n) is 3.56. The third-order valence-corrected chi connectivity index (χ3v) is 6.16. The molecule has 0 amide bonds. The van der Waals surface area contributed by atoms with Crippen molar-refractivity contribution >= 4 is 22.6 Å². The summed E-state index contributed by atoms with van der Waals surface area (Å²) in [6.45, 7) is 12.1. The maximum absolute atomic E-state index is 5.64. The molecule has 0 fully saturated rings. The van der Waals surface area contributed by atoms with Crippen LogP contribution in [0.2, 0.25) is 0 Å². The number of rotatable bonds is 35. The van der Waals surface area contributed by atoms with Crippen LogP contribution in [0.25, 0.3) is 0 Å². The zero-order valence-electron chi connectivity index (χ0n) is 24.4. The molecule has 9 heteroatoms. The fourth-order valence-corrected chi connectivity index (χ4v) is 3.88. The molecule has 0 spiro atoms. The van der Waals surface area contributed by atoms with Gasteiger partial charge in [-0.25, -0.2) is 0 Å². The summed E-state index contributed by atoms with van der Waals surface area (Å²) in [7, 11) is 0. The van der Waals surface area contributed by atoms with Gasteiger partial charge in [0, 0.05) is 11.0 Å². The maximum atomic E-state index is 5.64. The van der Waals surface area contributed by atoms with E-state index >= 15 is 0 Å². The topological polar surface area (TPSA) is 73.8 Å². The third-order valence-electron chi connectivity index (χ3n) is 5.72. The summed E-state index contributed by atoms with van der Waals surface area (Å²) in [6, 6.07) is 0. The number of alkyl halides is 1. The smallest absolute Gasteiger partial charge is 0.0701 e. The van der Waals surface area contributed by atoms with E-state index in [1.165, 1.54) is 64.2 Å². The Labute approximate surface area is 247 Å². The first-order valence-corrected chi connectivity index (χ1v) is 16.6. The van der Waals surface area contributed by atoms with Gasteiger partial charge in [-0.1, -0.05) is 93.7 Å². The highest BCUT2D eigenvalue weighted by Gasteiger charge is 1.96. The van der Waals surface area contributed by atoms with Crippen LogP contribution in [0.1, 0.15) is 77.6 Å². The Morgan fingerprint density at radius 1 is 0.289 bits per heavy atom. The summed E-state index contributed by atoms with van der Waals surface area (Å²) in [5.74, 6) is 0. The van der Waals surface area contributed by atoms with Crippen molar-refractivity contribution in [1.82, 2.24) is 0 Å². The maximum Gasteiger partial charge on any atom is 0.0701 e. The summed E-state index contributed by atoms with van der Waals surface area (Å²) in [4.78, 5) is 0. The third kappa shape index (κ3) is 36.4. The van der Waals surface area contributed by atoms with Crippen LogP contribution in [0, 0.1) is 0 Å². The molecule has 0 atom stereocenters. The van der Waals surface area contributed by atoms with Crippen LogP contribution in [0.5, 0.6) is 0 Å². The number of hydrogen-bond donors (Lipinski definition) is 0. The van der Waals surface area contributed by atoms with Gasteiger partial charge in [-0.2, -0.15) is 0 Å². The SMILES string of the molecule is CCCCCCCCCCCCCOCCOCCOCCOCCOCCOCCOCCOCCI. The second kappa shape index (κ2) is 37.4. The van der Waals surface area contributed by atoms with E-state index in [2.05, 4.69) is 29.5 Å². The molecule has 8 nitrogen and oxygen atoms in total. The summed E-state index contributed by atoms with van der Waals surface area (Å²) in [5, 5.41) is 0. The molecular weight excluding hydrogens is 603 g/mol. The van der Waals surface area contributed by atoms with Crippen LogP contribution in [-0.4, -0.2) is 110 Å². The van der Waals surface area contributed by atoms with Gasteiger partial charge >= 0.3 is 0 Å². The van der Waals surface area contributed by atoms with Crippen LogP contribution >= 0.6 is 22.6 Å². The predicted molar refractivity (Wildman–Crippen MR) is 162 cm³/mol. The molecule has 38 heavy (non-hydrogen) atoms. The number of halogens is 1.